The molecule has 158 valence electrons. The van der Waals surface area contributed by atoms with Crippen molar-refractivity contribution in [3.63, 3.8) is 0 Å². The Morgan fingerprint density at radius 3 is 2.48 bits per heavy atom. The predicted octanol–water partition coefficient (Wildman–Crippen LogP) is 1.69. The lowest BCUT2D eigenvalue weighted by Crippen LogP contribution is -2.51. The Balaban J connectivity index is 1.16. The number of carbonyl (C=O) groups excluding carboxylic acids is 2. The molecule has 2 N–H and O–H groups in total. The van der Waals surface area contributed by atoms with Crippen LogP contribution in [0.3, 0.4) is 0 Å². The SMILES string of the molecule is O=C(CN1CCN(Cc2ccc3c(c2)OCO3)CC1)NC(=O)NC1CCCCC1. The molecule has 1 aliphatic carbocycles. The van der Waals surface area contributed by atoms with Crippen LogP contribution < -0.4 is 20.1 Å². The third-order valence-corrected chi connectivity index (χ3v) is 5.87. The number of nitrogens with zero attached hydrogens (tertiary/aromatic N) is 2. The van der Waals surface area contributed by atoms with Crippen molar-refractivity contribution in [3.05, 3.63) is 23.8 Å². The Morgan fingerprint density at radius 2 is 1.69 bits per heavy atom. The molecule has 0 atom stereocenters. The van der Waals surface area contributed by atoms with E-state index in [4.69, 9.17) is 9.47 Å². The smallest absolute Gasteiger partial charge is 0.321 e. The summed E-state index contributed by atoms with van der Waals surface area (Å²) >= 11 is 0. The van der Waals surface area contributed by atoms with Gasteiger partial charge in [-0.15, -0.1) is 0 Å². The zero-order valence-electron chi connectivity index (χ0n) is 16.8. The van der Waals surface area contributed by atoms with Crippen LogP contribution in [-0.4, -0.2) is 67.3 Å². The molecule has 0 spiro atoms. The number of urea groups is 1. The lowest BCUT2D eigenvalue weighted by atomic mass is 9.96. The Bertz CT molecular complexity index is 727. The summed E-state index contributed by atoms with van der Waals surface area (Å²) in [7, 11) is 0. The van der Waals surface area contributed by atoms with Gasteiger partial charge in [0, 0.05) is 38.8 Å². The second kappa shape index (κ2) is 9.45. The van der Waals surface area contributed by atoms with E-state index >= 15 is 0 Å². The van der Waals surface area contributed by atoms with Crippen LogP contribution in [-0.2, 0) is 11.3 Å². The van der Waals surface area contributed by atoms with Crippen molar-refractivity contribution in [2.45, 2.75) is 44.7 Å². The first-order valence-electron chi connectivity index (χ1n) is 10.6. The highest BCUT2D eigenvalue weighted by Crippen LogP contribution is 2.32. The molecule has 1 aromatic carbocycles. The highest BCUT2D eigenvalue weighted by Gasteiger charge is 2.22. The number of hydrogen-bond acceptors (Lipinski definition) is 6. The zero-order valence-corrected chi connectivity index (χ0v) is 16.8. The maximum atomic E-state index is 12.2. The minimum atomic E-state index is -0.358. The van der Waals surface area contributed by atoms with E-state index in [-0.39, 0.29) is 31.3 Å². The van der Waals surface area contributed by atoms with Crippen molar-refractivity contribution >= 4 is 11.9 Å². The third-order valence-electron chi connectivity index (χ3n) is 5.87. The fraction of sp³-hybridized carbons (Fsp3) is 0.619. The average molecular weight is 402 g/mol. The van der Waals surface area contributed by atoms with Gasteiger partial charge in [0.1, 0.15) is 0 Å². The molecule has 4 rings (SSSR count). The van der Waals surface area contributed by atoms with Crippen molar-refractivity contribution in [1.82, 2.24) is 20.4 Å². The molecule has 2 aliphatic heterocycles. The van der Waals surface area contributed by atoms with E-state index in [0.717, 1.165) is 69.9 Å². The van der Waals surface area contributed by atoms with Crippen molar-refractivity contribution in [2.75, 3.05) is 39.5 Å². The largest absolute Gasteiger partial charge is 0.454 e. The lowest BCUT2D eigenvalue weighted by molar-refractivity contribution is -0.121. The van der Waals surface area contributed by atoms with Gasteiger partial charge in [0.25, 0.3) is 0 Å². The first kappa shape index (κ1) is 20.0. The predicted molar refractivity (Wildman–Crippen MR) is 108 cm³/mol. The van der Waals surface area contributed by atoms with Crippen LogP contribution >= 0.6 is 0 Å². The summed E-state index contributed by atoms with van der Waals surface area (Å²) in [4.78, 5) is 28.7. The van der Waals surface area contributed by atoms with Crippen molar-refractivity contribution in [2.24, 2.45) is 0 Å². The van der Waals surface area contributed by atoms with Crippen LogP contribution in [0, 0.1) is 0 Å². The maximum absolute atomic E-state index is 12.2. The maximum Gasteiger partial charge on any atom is 0.321 e. The van der Waals surface area contributed by atoms with E-state index in [9.17, 15) is 9.59 Å². The van der Waals surface area contributed by atoms with Crippen LogP contribution in [0.1, 0.15) is 37.7 Å². The van der Waals surface area contributed by atoms with Gasteiger partial charge in [0.2, 0.25) is 12.7 Å². The number of imide groups is 1. The van der Waals surface area contributed by atoms with Gasteiger partial charge < -0.3 is 14.8 Å². The first-order chi connectivity index (χ1) is 14.2. The molecular weight excluding hydrogens is 372 g/mol. The monoisotopic (exact) mass is 402 g/mol. The van der Waals surface area contributed by atoms with Crippen molar-refractivity contribution in [3.8, 4) is 11.5 Å². The average Bonchev–Trinajstić information content (AvgIpc) is 3.18. The van der Waals surface area contributed by atoms with E-state index in [0.29, 0.717) is 0 Å². The summed E-state index contributed by atoms with van der Waals surface area (Å²) in [5, 5.41) is 5.40. The fourth-order valence-electron chi connectivity index (χ4n) is 4.24. The quantitative estimate of drug-likeness (QED) is 0.780. The van der Waals surface area contributed by atoms with Gasteiger partial charge in [-0.05, 0) is 30.5 Å². The van der Waals surface area contributed by atoms with Gasteiger partial charge in [0.15, 0.2) is 11.5 Å². The van der Waals surface area contributed by atoms with Crippen molar-refractivity contribution in [1.29, 1.82) is 0 Å². The minimum Gasteiger partial charge on any atom is -0.454 e. The minimum absolute atomic E-state index is 0.205. The summed E-state index contributed by atoms with van der Waals surface area (Å²) in [6.45, 7) is 4.78. The molecule has 8 nitrogen and oxygen atoms in total. The van der Waals surface area contributed by atoms with Crippen LogP contribution in [0.15, 0.2) is 18.2 Å². The molecule has 1 aromatic rings. The number of nitrogens with one attached hydrogen (secondary N) is 2. The number of piperazine rings is 1. The molecule has 2 fully saturated rings. The molecule has 8 heteroatoms. The first-order valence-corrected chi connectivity index (χ1v) is 10.6. The summed E-state index contributed by atoms with van der Waals surface area (Å²) in [6.07, 6.45) is 5.55. The number of carbonyl (C=O) groups is 2. The second-order valence-corrected chi connectivity index (χ2v) is 8.10. The summed E-state index contributed by atoms with van der Waals surface area (Å²) in [6, 6.07) is 5.90. The Morgan fingerprint density at radius 1 is 0.966 bits per heavy atom. The second-order valence-electron chi connectivity index (χ2n) is 8.10. The molecule has 0 unspecified atom stereocenters. The van der Waals surface area contributed by atoms with Crippen LogP contribution in [0.4, 0.5) is 4.79 Å². The van der Waals surface area contributed by atoms with Gasteiger partial charge in [-0.25, -0.2) is 4.79 Å². The van der Waals surface area contributed by atoms with Crippen LogP contribution in [0.5, 0.6) is 11.5 Å². The van der Waals surface area contributed by atoms with Gasteiger partial charge in [-0.1, -0.05) is 25.3 Å². The summed E-state index contributed by atoms with van der Waals surface area (Å²) in [5.74, 6) is 1.38. The van der Waals surface area contributed by atoms with Crippen LogP contribution in [0.25, 0.3) is 0 Å². The summed E-state index contributed by atoms with van der Waals surface area (Å²) in [5.41, 5.74) is 1.19. The lowest BCUT2D eigenvalue weighted by Gasteiger charge is -2.34. The van der Waals surface area contributed by atoms with E-state index in [2.05, 4.69) is 26.5 Å². The number of rotatable bonds is 5. The molecule has 3 aliphatic rings. The fourth-order valence-corrected chi connectivity index (χ4v) is 4.24. The molecule has 0 aromatic heterocycles. The summed E-state index contributed by atoms with van der Waals surface area (Å²) < 4.78 is 10.8. The molecule has 0 radical (unpaired) electrons. The normalized spacial score (nSPS) is 20.4. The highest BCUT2D eigenvalue weighted by atomic mass is 16.7. The van der Waals surface area contributed by atoms with E-state index in [1.807, 2.05) is 12.1 Å². The van der Waals surface area contributed by atoms with E-state index < -0.39 is 0 Å². The van der Waals surface area contributed by atoms with Gasteiger partial charge in [0.05, 0.1) is 6.54 Å². The molecule has 2 heterocycles. The Kier molecular flexibility index (Phi) is 6.51. The van der Waals surface area contributed by atoms with E-state index in [1.165, 1.54) is 12.0 Å². The number of fused-ring (bicyclic) bond motifs is 1. The van der Waals surface area contributed by atoms with Gasteiger partial charge in [-0.2, -0.15) is 0 Å². The zero-order chi connectivity index (χ0) is 20.1. The Hall–Kier alpha value is -2.32. The molecule has 3 amide bonds. The molecule has 1 saturated carbocycles. The molecular formula is C21H30N4O4. The standard InChI is InChI=1S/C21H30N4O4/c26-20(23-21(27)22-17-4-2-1-3-5-17)14-25-10-8-24(9-11-25)13-16-6-7-18-19(12-16)29-15-28-18/h6-7,12,17H,1-5,8-11,13-15H2,(H2,22,23,26,27). The number of benzene rings is 1. The van der Waals surface area contributed by atoms with Crippen LogP contribution in [0.2, 0.25) is 0 Å². The third kappa shape index (κ3) is 5.61. The molecule has 0 bridgehead atoms. The van der Waals surface area contributed by atoms with Gasteiger partial charge in [-0.3, -0.25) is 19.9 Å². The number of amides is 3. The highest BCUT2D eigenvalue weighted by molar-refractivity contribution is 5.95. The molecule has 1 saturated heterocycles. The topological polar surface area (TPSA) is 83.1 Å². The van der Waals surface area contributed by atoms with Crippen molar-refractivity contribution < 1.29 is 19.1 Å². The van der Waals surface area contributed by atoms with E-state index in [1.54, 1.807) is 0 Å². The Labute approximate surface area is 171 Å². The number of hydrogen-bond donors (Lipinski definition) is 2. The molecule has 29 heavy (non-hydrogen) atoms. The number of ether oxygens (including phenoxy) is 2. The van der Waals surface area contributed by atoms with Gasteiger partial charge >= 0.3 is 6.03 Å².